The van der Waals surface area contributed by atoms with E-state index in [9.17, 15) is 8.42 Å². The van der Waals surface area contributed by atoms with Gasteiger partial charge in [0, 0.05) is 11.0 Å². The van der Waals surface area contributed by atoms with Gasteiger partial charge in [0.25, 0.3) is 0 Å². The van der Waals surface area contributed by atoms with Crippen LogP contribution in [0.1, 0.15) is 5.56 Å². The normalized spacial score (nSPS) is 11.7. The summed E-state index contributed by atoms with van der Waals surface area (Å²) in [6, 6.07) is 5.25. The zero-order chi connectivity index (χ0) is 11.5. The van der Waals surface area contributed by atoms with Crippen molar-refractivity contribution in [3.05, 3.63) is 28.2 Å². The highest BCUT2D eigenvalue weighted by molar-refractivity contribution is 9.10. The van der Waals surface area contributed by atoms with Crippen molar-refractivity contribution in [3.8, 4) is 0 Å². The summed E-state index contributed by atoms with van der Waals surface area (Å²) in [6.07, 6.45) is 0. The molecule has 0 aliphatic heterocycles. The smallest absolute Gasteiger partial charge is 0.241 e. The van der Waals surface area contributed by atoms with Crippen molar-refractivity contribution < 1.29 is 8.42 Å². The third kappa shape index (κ3) is 3.01. The quantitative estimate of drug-likeness (QED) is 0.873. The molecule has 0 aliphatic carbocycles. The highest BCUT2D eigenvalue weighted by Crippen LogP contribution is 2.22. The van der Waals surface area contributed by atoms with Gasteiger partial charge < -0.3 is 5.32 Å². The summed E-state index contributed by atoms with van der Waals surface area (Å²) in [7, 11) is -0.185. The van der Waals surface area contributed by atoms with Gasteiger partial charge in [-0.1, -0.05) is 6.07 Å². The first-order valence-corrected chi connectivity index (χ1v) is 6.65. The highest BCUT2D eigenvalue weighted by atomic mass is 79.9. The van der Waals surface area contributed by atoms with E-state index in [4.69, 9.17) is 0 Å². The molecule has 0 amide bonds. The van der Waals surface area contributed by atoms with Crippen molar-refractivity contribution in [2.45, 2.75) is 11.4 Å². The number of benzene rings is 1. The van der Waals surface area contributed by atoms with Crippen molar-refractivity contribution in [1.29, 1.82) is 0 Å². The SMILES string of the molecule is CNCc1ccc(Br)c(S(=O)(=O)NC)c1. The largest absolute Gasteiger partial charge is 0.316 e. The molecular weight excluding hydrogens is 280 g/mol. The van der Waals surface area contributed by atoms with Crippen LogP contribution in [0, 0.1) is 0 Å². The molecular formula is C9H13BrN2O2S. The maximum absolute atomic E-state index is 11.6. The molecule has 0 aliphatic rings. The lowest BCUT2D eigenvalue weighted by molar-refractivity contribution is 0.587. The number of hydrogen-bond acceptors (Lipinski definition) is 3. The van der Waals surface area contributed by atoms with Crippen LogP contribution in [0.3, 0.4) is 0 Å². The predicted octanol–water partition coefficient (Wildman–Crippen LogP) is 1.08. The Labute approximate surface area is 98.3 Å². The van der Waals surface area contributed by atoms with Crippen molar-refractivity contribution in [1.82, 2.24) is 10.0 Å². The van der Waals surface area contributed by atoms with Crippen LogP contribution in [0.15, 0.2) is 27.6 Å². The topological polar surface area (TPSA) is 58.2 Å². The van der Waals surface area contributed by atoms with Gasteiger partial charge in [-0.3, -0.25) is 0 Å². The fraction of sp³-hybridized carbons (Fsp3) is 0.333. The Bertz CT molecular complexity index is 445. The summed E-state index contributed by atoms with van der Waals surface area (Å²) >= 11 is 3.22. The maximum Gasteiger partial charge on any atom is 0.241 e. The van der Waals surface area contributed by atoms with E-state index in [1.54, 1.807) is 12.1 Å². The number of rotatable bonds is 4. The minimum atomic E-state index is -3.39. The predicted molar refractivity (Wildman–Crippen MR) is 63.2 cm³/mol. The standard InChI is InChI=1S/C9H13BrN2O2S/c1-11-6-7-3-4-8(10)9(5-7)15(13,14)12-2/h3-5,11-12H,6H2,1-2H3. The van der Waals surface area contributed by atoms with Crippen LogP contribution in [0.2, 0.25) is 0 Å². The van der Waals surface area contributed by atoms with Gasteiger partial charge >= 0.3 is 0 Å². The van der Waals surface area contributed by atoms with E-state index >= 15 is 0 Å². The zero-order valence-electron chi connectivity index (χ0n) is 8.54. The molecule has 84 valence electrons. The first-order chi connectivity index (χ1) is 7.01. The van der Waals surface area contributed by atoms with Crippen molar-refractivity contribution >= 4 is 26.0 Å². The molecule has 6 heteroatoms. The minimum absolute atomic E-state index is 0.262. The number of sulfonamides is 1. The fourth-order valence-electron chi connectivity index (χ4n) is 1.18. The Kier molecular flexibility index (Phi) is 4.27. The van der Waals surface area contributed by atoms with E-state index in [-0.39, 0.29) is 4.90 Å². The van der Waals surface area contributed by atoms with Gasteiger partial charge in [-0.15, -0.1) is 0 Å². The molecule has 0 bridgehead atoms. The molecule has 1 rings (SSSR count). The lowest BCUT2D eigenvalue weighted by Crippen LogP contribution is -2.19. The van der Waals surface area contributed by atoms with Gasteiger partial charge in [0.05, 0.1) is 4.90 Å². The summed E-state index contributed by atoms with van der Waals surface area (Å²) in [6.45, 7) is 0.638. The van der Waals surface area contributed by atoms with Crippen LogP contribution in [0.5, 0.6) is 0 Å². The molecule has 0 unspecified atom stereocenters. The van der Waals surface area contributed by atoms with Crippen LogP contribution in [0.25, 0.3) is 0 Å². The lowest BCUT2D eigenvalue weighted by atomic mass is 10.2. The molecule has 1 aromatic carbocycles. The lowest BCUT2D eigenvalue weighted by Gasteiger charge is -2.07. The van der Waals surface area contributed by atoms with E-state index in [1.807, 2.05) is 13.1 Å². The fourth-order valence-corrected chi connectivity index (χ4v) is 2.91. The van der Waals surface area contributed by atoms with Crippen LogP contribution < -0.4 is 10.0 Å². The van der Waals surface area contributed by atoms with Crippen molar-refractivity contribution in [3.63, 3.8) is 0 Å². The van der Waals surface area contributed by atoms with E-state index in [0.717, 1.165) is 5.56 Å². The molecule has 15 heavy (non-hydrogen) atoms. The molecule has 0 radical (unpaired) electrons. The first-order valence-electron chi connectivity index (χ1n) is 4.38. The molecule has 0 heterocycles. The highest BCUT2D eigenvalue weighted by Gasteiger charge is 2.15. The molecule has 0 saturated heterocycles. The van der Waals surface area contributed by atoms with E-state index in [2.05, 4.69) is 26.0 Å². The summed E-state index contributed by atoms with van der Waals surface area (Å²) in [5.74, 6) is 0. The Morgan fingerprint density at radius 3 is 2.53 bits per heavy atom. The average molecular weight is 293 g/mol. The van der Waals surface area contributed by atoms with E-state index < -0.39 is 10.0 Å². The Hall–Kier alpha value is -0.430. The van der Waals surface area contributed by atoms with Gasteiger partial charge in [0.2, 0.25) is 10.0 Å². The van der Waals surface area contributed by atoms with Crippen molar-refractivity contribution in [2.24, 2.45) is 0 Å². The van der Waals surface area contributed by atoms with Gasteiger partial charge in [-0.05, 0) is 47.7 Å². The second-order valence-electron chi connectivity index (χ2n) is 3.00. The summed E-state index contributed by atoms with van der Waals surface area (Å²) < 4.78 is 26.1. The second-order valence-corrected chi connectivity index (χ2v) is 5.71. The molecule has 2 N–H and O–H groups in total. The molecule has 0 fully saturated rings. The second kappa shape index (κ2) is 5.07. The molecule has 0 saturated carbocycles. The summed E-state index contributed by atoms with van der Waals surface area (Å²) in [5, 5.41) is 2.97. The molecule has 4 nitrogen and oxygen atoms in total. The third-order valence-electron chi connectivity index (χ3n) is 1.93. The number of nitrogens with one attached hydrogen (secondary N) is 2. The Balaban J connectivity index is 3.23. The van der Waals surface area contributed by atoms with Crippen LogP contribution in [-0.2, 0) is 16.6 Å². The van der Waals surface area contributed by atoms with Gasteiger partial charge in [-0.25, -0.2) is 13.1 Å². The van der Waals surface area contributed by atoms with Crippen molar-refractivity contribution in [2.75, 3.05) is 14.1 Å². The van der Waals surface area contributed by atoms with Crippen LogP contribution in [0.4, 0.5) is 0 Å². The van der Waals surface area contributed by atoms with Gasteiger partial charge in [-0.2, -0.15) is 0 Å². The molecule has 0 spiro atoms. The maximum atomic E-state index is 11.6. The van der Waals surface area contributed by atoms with E-state index in [1.165, 1.54) is 7.05 Å². The van der Waals surface area contributed by atoms with E-state index in [0.29, 0.717) is 11.0 Å². The van der Waals surface area contributed by atoms with Crippen LogP contribution in [-0.4, -0.2) is 22.5 Å². The molecule has 0 aromatic heterocycles. The van der Waals surface area contributed by atoms with Crippen LogP contribution >= 0.6 is 15.9 Å². The summed E-state index contributed by atoms with van der Waals surface area (Å²) in [4.78, 5) is 0.262. The Morgan fingerprint density at radius 2 is 2.00 bits per heavy atom. The molecule has 1 aromatic rings. The molecule has 0 atom stereocenters. The number of hydrogen-bond donors (Lipinski definition) is 2. The monoisotopic (exact) mass is 292 g/mol. The third-order valence-corrected chi connectivity index (χ3v) is 4.34. The Morgan fingerprint density at radius 1 is 1.33 bits per heavy atom. The minimum Gasteiger partial charge on any atom is -0.316 e. The number of halogens is 1. The summed E-state index contributed by atoms with van der Waals surface area (Å²) in [5.41, 5.74) is 0.925. The average Bonchev–Trinajstić information content (AvgIpc) is 2.21. The van der Waals surface area contributed by atoms with Gasteiger partial charge in [0.15, 0.2) is 0 Å². The van der Waals surface area contributed by atoms with Gasteiger partial charge in [0.1, 0.15) is 0 Å². The first kappa shape index (κ1) is 12.6. The zero-order valence-corrected chi connectivity index (χ0v) is 10.9.